The van der Waals surface area contributed by atoms with E-state index < -0.39 is 11.3 Å². The molecule has 3 rings (SSSR count). The summed E-state index contributed by atoms with van der Waals surface area (Å²) in [7, 11) is 0. The largest absolute Gasteiger partial charge is 0.281 e. The molecule has 1 aliphatic heterocycles. The highest BCUT2D eigenvalue weighted by Gasteiger charge is 2.40. The van der Waals surface area contributed by atoms with Gasteiger partial charge in [0.1, 0.15) is 0 Å². The summed E-state index contributed by atoms with van der Waals surface area (Å²) < 4.78 is 0. The highest BCUT2D eigenvalue weighted by atomic mass is 35.5. The van der Waals surface area contributed by atoms with Crippen molar-refractivity contribution >= 4 is 28.7 Å². The predicted molar refractivity (Wildman–Crippen MR) is 86.4 cm³/mol. The molecule has 2 aromatic rings. The van der Waals surface area contributed by atoms with E-state index in [-0.39, 0.29) is 18.2 Å². The van der Waals surface area contributed by atoms with Crippen LogP contribution in [0.25, 0.3) is 0 Å². The van der Waals surface area contributed by atoms with Crippen LogP contribution in [0.2, 0.25) is 0 Å². The molecule has 5 heteroatoms. The molecule has 0 saturated carbocycles. The fourth-order valence-electron chi connectivity index (χ4n) is 2.87. The third kappa shape index (κ3) is 3.03. The van der Waals surface area contributed by atoms with E-state index in [0.717, 1.165) is 10.5 Å². The number of carbonyl (C=O) groups is 3. The van der Waals surface area contributed by atoms with Gasteiger partial charge < -0.3 is 0 Å². The van der Waals surface area contributed by atoms with Crippen molar-refractivity contribution in [3.8, 4) is 0 Å². The summed E-state index contributed by atoms with van der Waals surface area (Å²) in [4.78, 5) is 37.7. The number of nitrogens with zero attached hydrogens (tertiary/aromatic N) is 1. The minimum Gasteiger partial charge on any atom is -0.281 e. The summed E-state index contributed by atoms with van der Waals surface area (Å²) >= 11 is 5.54. The molecular weight excluding hydrogens is 314 g/mol. The molecule has 23 heavy (non-hydrogen) atoms. The maximum Gasteiger partial charge on any atom is 0.261 e. The van der Waals surface area contributed by atoms with Crippen LogP contribution in [0.4, 0.5) is 0 Å². The molecule has 0 radical (unpaired) electrons. The molecule has 0 spiro atoms. The van der Waals surface area contributed by atoms with Crippen molar-refractivity contribution < 1.29 is 14.4 Å². The molecule has 0 unspecified atom stereocenters. The summed E-state index contributed by atoms with van der Waals surface area (Å²) in [6, 6.07) is 15.5. The van der Waals surface area contributed by atoms with Crippen LogP contribution in [-0.2, 0) is 11.2 Å². The monoisotopic (exact) mass is 327 g/mol. The lowest BCUT2D eigenvalue weighted by molar-refractivity contribution is -0.112. The van der Waals surface area contributed by atoms with Crippen LogP contribution in [0, 0.1) is 0 Å². The van der Waals surface area contributed by atoms with E-state index in [0.29, 0.717) is 17.5 Å². The summed E-state index contributed by atoms with van der Waals surface area (Å²) in [5.74, 6) is -0.742. The number of imide groups is 1. The Bertz CT molecular complexity index is 738. The van der Waals surface area contributed by atoms with Crippen molar-refractivity contribution in [2.45, 2.75) is 18.9 Å². The fourth-order valence-corrected chi connectivity index (χ4v) is 3.04. The van der Waals surface area contributed by atoms with Gasteiger partial charge in [0.25, 0.3) is 11.8 Å². The lowest BCUT2D eigenvalue weighted by atomic mass is 10.0. The van der Waals surface area contributed by atoms with E-state index >= 15 is 0 Å². The average Bonchev–Trinajstić information content (AvgIpc) is 2.79. The van der Waals surface area contributed by atoms with Gasteiger partial charge in [-0.2, -0.15) is 0 Å². The number of rotatable bonds is 5. The number of amides is 2. The second kappa shape index (κ2) is 6.34. The van der Waals surface area contributed by atoms with Gasteiger partial charge in [0.2, 0.25) is 5.24 Å². The first-order valence-electron chi connectivity index (χ1n) is 7.27. The predicted octanol–water partition coefficient (Wildman–Crippen LogP) is 3.05. The van der Waals surface area contributed by atoms with Crippen LogP contribution < -0.4 is 0 Å². The van der Waals surface area contributed by atoms with Crippen LogP contribution >= 0.6 is 11.6 Å². The number of halogens is 1. The van der Waals surface area contributed by atoms with Crippen molar-refractivity contribution in [3.05, 3.63) is 71.3 Å². The number of benzene rings is 2. The maximum atomic E-state index is 12.6. The topological polar surface area (TPSA) is 54.5 Å². The van der Waals surface area contributed by atoms with Crippen LogP contribution in [0.5, 0.6) is 0 Å². The van der Waals surface area contributed by atoms with Gasteiger partial charge in [-0.05, 0) is 35.7 Å². The van der Waals surface area contributed by atoms with Crippen molar-refractivity contribution in [1.29, 1.82) is 0 Å². The Kier molecular flexibility index (Phi) is 4.26. The molecule has 4 nitrogen and oxygen atoms in total. The van der Waals surface area contributed by atoms with Gasteiger partial charge in [0, 0.05) is 6.42 Å². The van der Waals surface area contributed by atoms with Gasteiger partial charge in [0.15, 0.2) is 0 Å². The second-order valence-electron chi connectivity index (χ2n) is 5.43. The van der Waals surface area contributed by atoms with E-state index in [1.165, 1.54) is 0 Å². The maximum absolute atomic E-state index is 12.6. The van der Waals surface area contributed by atoms with Gasteiger partial charge in [-0.15, -0.1) is 0 Å². The van der Waals surface area contributed by atoms with Gasteiger partial charge in [-0.3, -0.25) is 19.3 Å². The lowest BCUT2D eigenvalue weighted by Gasteiger charge is -2.25. The van der Waals surface area contributed by atoms with Crippen molar-refractivity contribution in [2.24, 2.45) is 0 Å². The van der Waals surface area contributed by atoms with Crippen LogP contribution in [0.15, 0.2) is 54.6 Å². The Labute approximate surface area is 138 Å². The van der Waals surface area contributed by atoms with Gasteiger partial charge >= 0.3 is 0 Å². The summed E-state index contributed by atoms with van der Waals surface area (Å²) in [6.45, 7) is 0. The SMILES string of the molecule is O=C(Cl)C[C@H](Cc1ccccc1)N1C(=O)c2ccccc2C1=O. The quantitative estimate of drug-likeness (QED) is 0.626. The normalized spacial score (nSPS) is 14.7. The Hall–Kier alpha value is -2.46. The number of carbonyl (C=O) groups excluding carboxylic acids is 3. The number of hydrogen-bond acceptors (Lipinski definition) is 3. The fraction of sp³-hybridized carbons (Fsp3) is 0.167. The summed E-state index contributed by atoms with van der Waals surface area (Å²) in [5.41, 5.74) is 1.68. The molecule has 1 aliphatic rings. The molecule has 0 bridgehead atoms. The lowest BCUT2D eigenvalue weighted by Crippen LogP contribution is -2.42. The summed E-state index contributed by atoms with van der Waals surface area (Å²) in [6.07, 6.45) is 0.326. The standard InChI is InChI=1S/C18H14ClNO3/c19-16(21)11-13(10-12-6-2-1-3-7-12)20-17(22)14-8-4-5-9-15(14)18(20)23/h1-9,13H,10-11H2/t13-/m0/s1. The summed E-state index contributed by atoms with van der Waals surface area (Å²) in [5, 5.41) is -0.567. The van der Waals surface area contributed by atoms with E-state index in [1.807, 2.05) is 30.3 Å². The van der Waals surface area contributed by atoms with Gasteiger partial charge in [0.05, 0.1) is 17.2 Å². The zero-order valence-corrected chi connectivity index (χ0v) is 13.0. The third-order valence-corrected chi connectivity index (χ3v) is 4.06. The molecule has 116 valence electrons. The number of hydrogen-bond donors (Lipinski definition) is 0. The molecule has 0 fully saturated rings. The molecular formula is C18H14ClNO3. The molecule has 2 amide bonds. The molecule has 1 heterocycles. The van der Waals surface area contributed by atoms with Crippen molar-refractivity contribution in [3.63, 3.8) is 0 Å². The molecule has 0 aromatic heterocycles. The molecule has 1 atom stereocenters. The highest BCUT2D eigenvalue weighted by molar-refractivity contribution is 6.63. The van der Waals surface area contributed by atoms with Crippen molar-refractivity contribution in [2.75, 3.05) is 0 Å². The van der Waals surface area contributed by atoms with Crippen molar-refractivity contribution in [1.82, 2.24) is 4.90 Å². The van der Waals surface area contributed by atoms with Gasteiger partial charge in [-0.25, -0.2) is 0 Å². The Morgan fingerprint density at radius 3 is 1.96 bits per heavy atom. The Morgan fingerprint density at radius 2 is 1.43 bits per heavy atom. The zero-order valence-electron chi connectivity index (χ0n) is 12.2. The molecule has 2 aromatic carbocycles. The number of fused-ring (bicyclic) bond motifs is 1. The minimum atomic E-state index is -0.588. The van der Waals surface area contributed by atoms with Crippen LogP contribution in [0.3, 0.4) is 0 Å². The first kappa shape index (κ1) is 15.4. The van der Waals surface area contributed by atoms with Gasteiger partial charge in [-0.1, -0.05) is 42.5 Å². The third-order valence-electron chi connectivity index (χ3n) is 3.90. The molecule has 0 saturated heterocycles. The Morgan fingerprint density at radius 1 is 0.913 bits per heavy atom. The zero-order chi connectivity index (χ0) is 16.4. The average molecular weight is 328 g/mol. The first-order valence-corrected chi connectivity index (χ1v) is 7.65. The molecule has 0 N–H and O–H groups in total. The van der Waals surface area contributed by atoms with Crippen LogP contribution in [0.1, 0.15) is 32.7 Å². The van der Waals surface area contributed by atoms with E-state index in [4.69, 9.17) is 11.6 Å². The molecule has 0 aliphatic carbocycles. The highest BCUT2D eigenvalue weighted by Crippen LogP contribution is 2.27. The van der Waals surface area contributed by atoms with E-state index in [1.54, 1.807) is 24.3 Å². The Balaban J connectivity index is 1.93. The minimum absolute atomic E-state index is 0.0675. The second-order valence-corrected chi connectivity index (χ2v) is 5.85. The van der Waals surface area contributed by atoms with E-state index in [9.17, 15) is 14.4 Å². The van der Waals surface area contributed by atoms with E-state index in [2.05, 4.69) is 0 Å². The smallest absolute Gasteiger partial charge is 0.261 e. The van der Waals surface area contributed by atoms with Crippen LogP contribution in [-0.4, -0.2) is 28.0 Å². The first-order chi connectivity index (χ1) is 11.1.